The van der Waals surface area contributed by atoms with Crippen LogP contribution in [0.1, 0.15) is 63.0 Å². The van der Waals surface area contributed by atoms with Gasteiger partial charge in [0.05, 0.1) is 23.2 Å². The Balaban J connectivity index is 2.24. The first-order valence-electron chi connectivity index (χ1n) is 9.41. The number of unbranched alkanes of at least 4 members (excludes halogenated alkanes) is 2. The van der Waals surface area contributed by atoms with Crippen molar-refractivity contribution in [3.63, 3.8) is 0 Å². The zero-order valence-corrected chi connectivity index (χ0v) is 16.8. The highest BCUT2D eigenvalue weighted by molar-refractivity contribution is 7.91. The molecule has 0 aliphatic heterocycles. The van der Waals surface area contributed by atoms with Gasteiger partial charge in [-0.1, -0.05) is 26.7 Å². The average Bonchev–Trinajstić information content (AvgIpc) is 2.93. The number of sulfone groups is 1. The van der Waals surface area contributed by atoms with E-state index in [9.17, 15) is 8.42 Å². The highest BCUT2D eigenvalue weighted by Crippen LogP contribution is 2.23. The SMILES string of the molecule is CCCCc1nc2cnc(C)c(C)c2n1CCCS(=O)(=O)CCCC. The number of pyridine rings is 1. The second-order valence-corrected chi connectivity index (χ2v) is 9.15. The van der Waals surface area contributed by atoms with E-state index in [4.69, 9.17) is 4.98 Å². The van der Waals surface area contributed by atoms with Crippen molar-refractivity contribution in [3.05, 3.63) is 23.3 Å². The highest BCUT2D eigenvalue weighted by atomic mass is 32.2. The van der Waals surface area contributed by atoms with Crippen molar-refractivity contribution >= 4 is 20.9 Å². The minimum Gasteiger partial charge on any atom is -0.328 e. The fourth-order valence-electron chi connectivity index (χ4n) is 3.11. The number of imidazole rings is 1. The Morgan fingerprint density at radius 1 is 1.04 bits per heavy atom. The summed E-state index contributed by atoms with van der Waals surface area (Å²) in [4.78, 5) is 9.19. The smallest absolute Gasteiger partial charge is 0.150 e. The van der Waals surface area contributed by atoms with E-state index < -0.39 is 9.84 Å². The van der Waals surface area contributed by atoms with Gasteiger partial charge in [-0.3, -0.25) is 4.98 Å². The van der Waals surface area contributed by atoms with E-state index in [2.05, 4.69) is 23.4 Å². The van der Waals surface area contributed by atoms with Crippen LogP contribution in [0, 0.1) is 13.8 Å². The second kappa shape index (κ2) is 8.79. The summed E-state index contributed by atoms with van der Waals surface area (Å²) in [6, 6.07) is 0. The number of hydrogen-bond donors (Lipinski definition) is 0. The van der Waals surface area contributed by atoms with Gasteiger partial charge in [0.1, 0.15) is 21.2 Å². The average molecular weight is 366 g/mol. The first-order valence-corrected chi connectivity index (χ1v) is 11.2. The van der Waals surface area contributed by atoms with Crippen molar-refractivity contribution in [3.8, 4) is 0 Å². The molecule has 5 nitrogen and oxygen atoms in total. The van der Waals surface area contributed by atoms with Gasteiger partial charge in [-0.15, -0.1) is 0 Å². The first kappa shape index (κ1) is 19.9. The van der Waals surface area contributed by atoms with Gasteiger partial charge in [0.15, 0.2) is 0 Å². The lowest BCUT2D eigenvalue weighted by atomic mass is 10.2. The molecular weight excluding hydrogens is 334 g/mol. The van der Waals surface area contributed by atoms with Gasteiger partial charge in [0, 0.05) is 18.7 Å². The summed E-state index contributed by atoms with van der Waals surface area (Å²) >= 11 is 0. The molecule has 140 valence electrons. The van der Waals surface area contributed by atoms with Crippen LogP contribution in [0.15, 0.2) is 6.20 Å². The largest absolute Gasteiger partial charge is 0.328 e. The Kier molecular flexibility index (Phi) is 6.99. The third-order valence-electron chi connectivity index (χ3n) is 4.75. The minimum absolute atomic E-state index is 0.253. The molecule has 2 rings (SSSR count). The zero-order valence-electron chi connectivity index (χ0n) is 16.0. The number of aryl methyl sites for hydroxylation is 4. The standard InChI is InChI=1S/C19H31N3O2S/c1-5-7-10-18-21-17-14-20-16(4)15(3)19(17)22(18)11-9-13-25(23,24)12-8-6-2/h14H,5-13H2,1-4H3. The van der Waals surface area contributed by atoms with Crippen LogP contribution in [0.2, 0.25) is 0 Å². The molecule has 2 aromatic heterocycles. The normalized spacial score (nSPS) is 12.2. The summed E-state index contributed by atoms with van der Waals surface area (Å²) in [6.45, 7) is 8.97. The van der Waals surface area contributed by atoms with Crippen molar-refractivity contribution in [2.24, 2.45) is 0 Å². The van der Waals surface area contributed by atoms with E-state index in [-0.39, 0.29) is 5.75 Å². The quantitative estimate of drug-likeness (QED) is 0.638. The van der Waals surface area contributed by atoms with E-state index in [0.717, 1.165) is 60.2 Å². The number of rotatable bonds is 10. The van der Waals surface area contributed by atoms with Crippen LogP contribution >= 0.6 is 0 Å². The van der Waals surface area contributed by atoms with Gasteiger partial charge in [0.25, 0.3) is 0 Å². The molecule has 0 atom stereocenters. The second-order valence-electron chi connectivity index (χ2n) is 6.84. The summed E-state index contributed by atoms with van der Waals surface area (Å²) in [6.07, 6.45) is 7.26. The Hall–Kier alpha value is -1.43. The number of fused-ring (bicyclic) bond motifs is 1. The third kappa shape index (κ3) is 5.03. The maximum absolute atomic E-state index is 12.1. The summed E-state index contributed by atoms with van der Waals surface area (Å²) < 4.78 is 26.5. The maximum atomic E-state index is 12.1. The van der Waals surface area contributed by atoms with Crippen LogP contribution in [0.3, 0.4) is 0 Å². The van der Waals surface area contributed by atoms with Crippen molar-refractivity contribution in [2.45, 2.75) is 72.8 Å². The lowest BCUT2D eigenvalue weighted by Crippen LogP contribution is -2.14. The molecule has 0 spiro atoms. The van der Waals surface area contributed by atoms with Crippen LogP contribution in [-0.4, -0.2) is 34.5 Å². The molecule has 0 fully saturated rings. The summed E-state index contributed by atoms with van der Waals surface area (Å²) in [5.74, 6) is 1.61. The van der Waals surface area contributed by atoms with Gasteiger partial charge >= 0.3 is 0 Å². The van der Waals surface area contributed by atoms with Crippen molar-refractivity contribution in [1.82, 2.24) is 14.5 Å². The number of aromatic nitrogens is 3. The molecule has 0 unspecified atom stereocenters. The monoisotopic (exact) mass is 365 g/mol. The fraction of sp³-hybridized carbons (Fsp3) is 0.684. The molecule has 0 amide bonds. The fourth-order valence-corrected chi connectivity index (χ4v) is 4.61. The molecule has 6 heteroatoms. The van der Waals surface area contributed by atoms with Gasteiger partial charge in [-0.05, 0) is 38.7 Å². The topological polar surface area (TPSA) is 64.8 Å². The molecule has 2 aromatic rings. The Morgan fingerprint density at radius 3 is 2.40 bits per heavy atom. The molecule has 0 aliphatic rings. The third-order valence-corrected chi connectivity index (χ3v) is 6.57. The number of hydrogen-bond acceptors (Lipinski definition) is 4. The summed E-state index contributed by atoms with van der Waals surface area (Å²) in [7, 11) is -2.94. The van der Waals surface area contributed by atoms with Gasteiger partial charge in [-0.2, -0.15) is 0 Å². The molecule has 0 saturated carbocycles. The zero-order chi connectivity index (χ0) is 18.4. The molecule has 0 saturated heterocycles. The highest BCUT2D eigenvalue weighted by Gasteiger charge is 2.16. The maximum Gasteiger partial charge on any atom is 0.150 e. The van der Waals surface area contributed by atoms with Crippen molar-refractivity contribution in [2.75, 3.05) is 11.5 Å². The Labute approximate surface area is 151 Å². The van der Waals surface area contributed by atoms with Crippen LogP contribution in [-0.2, 0) is 22.8 Å². The van der Waals surface area contributed by atoms with E-state index in [0.29, 0.717) is 18.7 Å². The van der Waals surface area contributed by atoms with Crippen molar-refractivity contribution < 1.29 is 8.42 Å². The van der Waals surface area contributed by atoms with E-state index in [1.54, 1.807) is 0 Å². The van der Waals surface area contributed by atoms with Crippen LogP contribution in [0.25, 0.3) is 11.0 Å². The Morgan fingerprint density at radius 2 is 1.72 bits per heavy atom. The molecule has 2 heterocycles. The molecule has 0 radical (unpaired) electrons. The predicted octanol–water partition coefficient (Wildman–Crippen LogP) is 4.00. The van der Waals surface area contributed by atoms with Crippen LogP contribution in [0.5, 0.6) is 0 Å². The molecule has 0 aromatic carbocycles. The molecule has 25 heavy (non-hydrogen) atoms. The van der Waals surface area contributed by atoms with E-state index in [1.807, 2.05) is 20.0 Å². The van der Waals surface area contributed by atoms with Gasteiger partial charge in [-0.25, -0.2) is 13.4 Å². The molecule has 0 N–H and O–H groups in total. The van der Waals surface area contributed by atoms with Gasteiger partial charge in [0.2, 0.25) is 0 Å². The van der Waals surface area contributed by atoms with E-state index >= 15 is 0 Å². The molecular formula is C19H31N3O2S. The molecule has 0 bridgehead atoms. The van der Waals surface area contributed by atoms with E-state index in [1.165, 1.54) is 0 Å². The lowest BCUT2D eigenvalue weighted by molar-refractivity contribution is 0.580. The van der Waals surface area contributed by atoms with Crippen LogP contribution in [0.4, 0.5) is 0 Å². The van der Waals surface area contributed by atoms with Gasteiger partial charge < -0.3 is 4.57 Å². The number of nitrogens with zero attached hydrogens (tertiary/aromatic N) is 3. The lowest BCUT2D eigenvalue weighted by Gasteiger charge is -2.11. The first-order chi connectivity index (χ1) is 11.9. The molecule has 0 aliphatic carbocycles. The van der Waals surface area contributed by atoms with Crippen molar-refractivity contribution in [1.29, 1.82) is 0 Å². The summed E-state index contributed by atoms with van der Waals surface area (Å²) in [5.41, 5.74) is 4.18. The Bertz CT molecular complexity index is 810. The predicted molar refractivity (Wildman–Crippen MR) is 104 cm³/mol. The summed E-state index contributed by atoms with van der Waals surface area (Å²) in [5, 5.41) is 0. The van der Waals surface area contributed by atoms with Crippen LogP contribution < -0.4 is 0 Å². The minimum atomic E-state index is -2.94.